The number of amides is 1. The van der Waals surface area contributed by atoms with Gasteiger partial charge in [-0.2, -0.15) is 0 Å². The van der Waals surface area contributed by atoms with Crippen LogP contribution in [0.3, 0.4) is 0 Å². The van der Waals surface area contributed by atoms with Crippen LogP contribution in [0.15, 0.2) is 18.3 Å². The van der Waals surface area contributed by atoms with Gasteiger partial charge in [0.1, 0.15) is 5.69 Å². The molecule has 0 aromatic carbocycles. The molecule has 1 fully saturated rings. The summed E-state index contributed by atoms with van der Waals surface area (Å²) in [6.07, 6.45) is 2.07. The fraction of sp³-hybridized carbons (Fsp3) is 0.417. The summed E-state index contributed by atoms with van der Waals surface area (Å²) in [6, 6.07) is 3.28. The highest BCUT2D eigenvalue weighted by Crippen LogP contribution is 2.25. The largest absolute Gasteiger partial charge is 0.464 e. The van der Waals surface area contributed by atoms with Crippen molar-refractivity contribution in [2.24, 2.45) is 5.92 Å². The zero-order valence-electron chi connectivity index (χ0n) is 9.93. The molecule has 2 heterocycles. The molecule has 1 amide bonds. The number of carbonyl (C=O) groups excluding carboxylic acids is 2. The van der Waals surface area contributed by atoms with Crippen LogP contribution in [0.1, 0.15) is 16.9 Å². The van der Waals surface area contributed by atoms with Crippen molar-refractivity contribution >= 4 is 33.5 Å². The van der Waals surface area contributed by atoms with Gasteiger partial charge in [-0.3, -0.25) is 4.79 Å². The van der Waals surface area contributed by atoms with Gasteiger partial charge in [-0.1, -0.05) is 15.9 Å². The Labute approximate surface area is 113 Å². The molecule has 0 N–H and O–H groups in total. The Balaban J connectivity index is 2.15. The smallest absolute Gasteiger partial charge is 0.356 e. The molecule has 1 aliphatic rings. The van der Waals surface area contributed by atoms with Gasteiger partial charge in [-0.25, -0.2) is 9.78 Å². The van der Waals surface area contributed by atoms with Crippen molar-refractivity contribution in [3.63, 3.8) is 0 Å². The SMILES string of the molecule is COC(=O)c1ccc(N2CC(CBr)CC2=O)cn1. The molecule has 0 spiro atoms. The summed E-state index contributed by atoms with van der Waals surface area (Å²) in [6.45, 7) is 0.684. The van der Waals surface area contributed by atoms with Crippen LogP contribution >= 0.6 is 15.9 Å². The highest BCUT2D eigenvalue weighted by atomic mass is 79.9. The van der Waals surface area contributed by atoms with Crippen LogP contribution in [0.2, 0.25) is 0 Å². The van der Waals surface area contributed by atoms with Crippen molar-refractivity contribution in [1.29, 1.82) is 0 Å². The van der Waals surface area contributed by atoms with E-state index in [1.165, 1.54) is 13.3 Å². The van der Waals surface area contributed by atoms with Crippen LogP contribution in [0.4, 0.5) is 5.69 Å². The fourth-order valence-corrected chi connectivity index (χ4v) is 2.34. The maximum atomic E-state index is 11.8. The lowest BCUT2D eigenvalue weighted by Crippen LogP contribution is -2.24. The van der Waals surface area contributed by atoms with Gasteiger partial charge in [0.25, 0.3) is 0 Å². The monoisotopic (exact) mass is 312 g/mol. The highest BCUT2D eigenvalue weighted by molar-refractivity contribution is 9.09. The minimum Gasteiger partial charge on any atom is -0.464 e. The maximum Gasteiger partial charge on any atom is 0.356 e. The Morgan fingerprint density at radius 2 is 2.39 bits per heavy atom. The lowest BCUT2D eigenvalue weighted by atomic mass is 10.2. The van der Waals surface area contributed by atoms with Gasteiger partial charge in [-0.05, 0) is 18.1 Å². The molecule has 1 saturated heterocycles. The first-order chi connectivity index (χ1) is 8.65. The zero-order valence-corrected chi connectivity index (χ0v) is 11.5. The Morgan fingerprint density at radius 3 is 2.89 bits per heavy atom. The average molecular weight is 313 g/mol. The molecule has 96 valence electrons. The summed E-state index contributed by atoms with van der Waals surface area (Å²) in [7, 11) is 1.31. The van der Waals surface area contributed by atoms with E-state index in [0.717, 1.165) is 11.0 Å². The van der Waals surface area contributed by atoms with E-state index in [2.05, 4.69) is 25.7 Å². The summed E-state index contributed by atoms with van der Waals surface area (Å²) in [5.74, 6) is -0.0579. The number of hydrogen-bond donors (Lipinski definition) is 0. The molecule has 0 saturated carbocycles. The van der Waals surface area contributed by atoms with Crippen LogP contribution in [-0.2, 0) is 9.53 Å². The van der Waals surface area contributed by atoms with Crippen LogP contribution < -0.4 is 4.90 Å². The Kier molecular flexibility index (Phi) is 3.96. The van der Waals surface area contributed by atoms with Crippen molar-refractivity contribution < 1.29 is 14.3 Å². The molecular weight excluding hydrogens is 300 g/mol. The summed E-state index contributed by atoms with van der Waals surface area (Å²) in [5, 5.41) is 0.808. The number of rotatable bonds is 3. The Hall–Kier alpha value is -1.43. The molecule has 1 aliphatic heterocycles. The highest BCUT2D eigenvalue weighted by Gasteiger charge is 2.30. The molecule has 2 rings (SSSR count). The molecule has 0 radical (unpaired) electrons. The zero-order chi connectivity index (χ0) is 13.1. The summed E-state index contributed by atoms with van der Waals surface area (Å²) in [4.78, 5) is 28.7. The number of alkyl halides is 1. The van der Waals surface area contributed by atoms with Gasteiger partial charge in [0.2, 0.25) is 5.91 Å². The number of aromatic nitrogens is 1. The number of halogens is 1. The summed E-state index contributed by atoms with van der Waals surface area (Å²) in [5.41, 5.74) is 0.959. The van der Waals surface area contributed by atoms with E-state index in [-0.39, 0.29) is 11.6 Å². The lowest BCUT2D eigenvalue weighted by Gasteiger charge is -2.15. The standard InChI is InChI=1S/C12H13BrN2O3/c1-18-12(17)10-3-2-9(6-14-10)15-7-8(5-13)4-11(15)16/h2-3,6,8H,4-5,7H2,1H3. The molecule has 18 heavy (non-hydrogen) atoms. The topological polar surface area (TPSA) is 59.5 Å². The third-order valence-electron chi connectivity index (χ3n) is 2.88. The van der Waals surface area contributed by atoms with E-state index in [9.17, 15) is 9.59 Å². The fourth-order valence-electron chi connectivity index (χ4n) is 1.91. The Bertz CT molecular complexity index is 461. The van der Waals surface area contributed by atoms with Crippen LogP contribution in [-0.4, -0.2) is 35.8 Å². The van der Waals surface area contributed by atoms with Gasteiger partial charge in [0.05, 0.1) is 19.0 Å². The van der Waals surface area contributed by atoms with Crippen molar-refractivity contribution in [3.8, 4) is 0 Å². The second kappa shape index (κ2) is 5.48. The van der Waals surface area contributed by atoms with E-state index >= 15 is 0 Å². The maximum absolute atomic E-state index is 11.8. The quantitative estimate of drug-likeness (QED) is 0.628. The minimum atomic E-state index is -0.479. The van der Waals surface area contributed by atoms with Gasteiger partial charge < -0.3 is 9.64 Å². The van der Waals surface area contributed by atoms with Gasteiger partial charge in [-0.15, -0.1) is 0 Å². The van der Waals surface area contributed by atoms with E-state index in [1.807, 2.05) is 0 Å². The van der Waals surface area contributed by atoms with Crippen LogP contribution in [0.25, 0.3) is 0 Å². The van der Waals surface area contributed by atoms with Crippen molar-refractivity contribution in [2.75, 3.05) is 23.9 Å². The number of ether oxygens (including phenoxy) is 1. The molecule has 1 atom stereocenters. The van der Waals surface area contributed by atoms with E-state index < -0.39 is 5.97 Å². The summed E-state index contributed by atoms with van der Waals surface area (Å²) >= 11 is 3.39. The molecule has 0 aliphatic carbocycles. The summed E-state index contributed by atoms with van der Waals surface area (Å²) < 4.78 is 4.57. The molecule has 6 heteroatoms. The third kappa shape index (κ3) is 2.53. The number of hydrogen-bond acceptors (Lipinski definition) is 4. The second-order valence-electron chi connectivity index (χ2n) is 4.12. The van der Waals surface area contributed by atoms with Crippen molar-refractivity contribution in [2.45, 2.75) is 6.42 Å². The number of esters is 1. The molecule has 5 nitrogen and oxygen atoms in total. The first-order valence-corrected chi connectivity index (χ1v) is 6.68. The molecule has 1 unspecified atom stereocenters. The number of pyridine rings is 1. The van der Waals surface area contributed by atoms with E-state index in [4.69, 9.17) is 0 Å². The van der Waals surface area contributed by atoms with Crippen LogP contribution in [0.5, 0.6) is 0 Å². The molecular formula is C12H13BrN2O3. The second-order valence-corrected chi connectivity index (χ2v) is 4.77. The molecule has 1 aromatic heterocycles. The first kappa shape index (κ1) is 13.0. The number of methoxy groups -OCH3 is 1. The van der Waals surface area contributed by atoms with Gasteiger partial charge >= 0.3 is 5.97 Å². The van der Waals surface area contributed by atoms with Crippen molar-refractivity contribution in [3.05, 3.63) is 24.0 Å². The number of nitrogens with zero attached hydrogens (tertiary/aromatic N) is 2. The van der Waals surface area contributed by atoms with Gasteiger partial charge in [0.15, 0.2) is 0 Å². The molecule has 1 aromatic rings. The predicted octanol–water partition coefficient (Wildman–Crippen LogP) is 1.62. The average Bonchev–Trinajstić information content (AvgIpc) is 2.79. The van der Waals surface area contributed by atoms with E-state index in [0.29, 0.717) is 18.9 Å². The molecule has 0 bridgehead atoms. The Morgan fingerprint density at radius 1 is 1.61 bits per heavy atom. The normalized spacial score (nSPS) is 19.1. The van der Waals surface area contributed by atoms with Crippen molar-refractivity contribution in [1.82, 2.24) is 4.98 Å². The number of carbonyl (C=O) groups is 2. The minimum absolute atomic E-state index is 0.0899. The van der Waals surface area contributed by atoms with Crippen LogP contribution in [0, 0.1) is 5.92 Å². The lowest BCUT2D eigenvalue weighted by molar-refractivity contribution is -0.117. The third-order valence-corrected chi connectivity index (χ3v) is 3.79. The number of anilines is 1. The van der Waals surface area contributed by atoms with E-state index in [1.54, 1.807) is 17.0 Å². The predicted molar refractivity (Wildman–Crippen MR) is 69.8 cm³/mol. The first-order valence-electron chi connectivity index (χ1n) is 5.56. The van der Waals surface area contributed by atoms with Gasteiger partial charge in [0, 0.05) is 18.3 Å².